The quantitative estimate of drug-likeness (QED) is 0.911. The summed E-state index contributed by atoms with van der Waals surface area (Å²) in [5, 5.41) is 23.1. The summed E-state index contributed by atoms with van der Waals surface area (Å²) in [6.07, 6.45) is 0.562. The van der Waals surface area contributed by atoms with Crippen molar-refractivity contribution in [3.63, 3.8) is 0 Å². The lowest BCUT2D eigenvalue weighted by molar-refractivity contribution is 0.0893. The molecule has 0 aliphatic heterocycles. The standard InChI is InChI=1S/C12H10Cl2N4O2/c13-8-1-2-11(10(14)3-8)20-6-9(19)5-18-7-16-12(4-15)17-18/h1-3,7,9,19H,5-6H2. The van der Waals surface area contributed by atoms with Crippen LogP contribution in [0.1, 0.15) is 5.82 Å². The van der Waals surface area contributed by atoms with Crippen molar-refractivity contribution in [2.75, 3.05) is 6.61 Å². The van der Waals surface area contributed by atoms with Crippen LogP contribution in [0.3, 0.4) is 0 Å². The highest BCUT2D eigenvalue weighted by molar-refractivity contribution is 6.35. The van der Waals surface area contributed by atoms with Gasteiger partial charge in [0.2, 0.25) is 0 Å². The fraction of sp³-hybridized carbons (Fsp3) is 0.250. The summed E-state index contributed by atoms with van der Waals surface area (Å²) >= 11 is 11.7. The number of rotatable bonds is 5. The number of hydrogen-bond donors (Lipinski definition) is 1. The fourth-order valence-corrected chi connectivity index (χ4v) is 1.94. The molecule has 0 spiro atoms. The predicted octanol–water partition coefficient (Wildman–Crippen LogP) is 1.90. The molecule has 6 nitrogen and oxygen atoms in total. The number of hydrogen-bond acceptors (Lipinski definition) is 5. The molecule has 0 aliphatic rings. The van der Waals surface area contributed by atoms with E-state index in [9.17, 15) is 5.11 Å². The molecule has 0 aliphatic carbocycles. The minimum atomic E-state index is -0.810. The zero-order valence-corrected chi connectivity index (χ0v) is 11.7. The number of aliphatic hydroxyl groups excluding tert-OH is 1. The maximum absolute atomic E-state index is 9.83. The minimum Gasteiger partial charge on any atom is -0.489 e. The van der Waals surface area contributed by atoms with Crippen molar-refractivity contribution in [3.8, 4) is 11.8 Å². The Labute approximate surface area is 125 Å². The Morgan fingerprint density at radius 1 is 1.45 bits per heavy atom. The van der Waals surface area contributed by atoms with E-state index in [1.54, 1.807) is 24.3 Å². The summed E-state index contributed by atoms with van der Waals surface area (Å²) in [6.45, 7) is 0.197. The highest BCUT2D eigenvalue weighted by Crippen LogP contribution is 2.27. The topological polar surface area (TPSA) is 84.0 Å². The first kappa shape index (κ1) is 14.6. The molecule has 8 heteroatoms. The van der Waals surface area contributed by atoms with E-state index in [-0.39, 0.29) is 19.0 Å². The molecule has 2 rings (SSSR count). The van der Waals surface area contributed by atoms with Crippen LogP contribution < -0.4 is 4.74 Å². The molecule has 1 N–H and O–H groups in total. The molecule has 0 bridgehead atoms. The van der Waals surface area contributed by atoms with Crippen molar-refractivity contribution < 1.29 is 9.84 Å². The van der Waals surface area contributed by atoms with Gasteiger partial charge in [-0.15, -0.1) is 5.10 Å². The van der Waals surface area contributed by atoms with Gasteiger partial charge in [0.1, 0.15) is 30.9 Å². The van der Waals surface area contributed by atoms with Crippen molar-refractivity contribution in [2.45, 2.75) is 12.6 Å². The van der Waals surface area contributed by atoms with Gasteiger partial charge < -0.3 is 9.84 Å². The average Bonchev–Trinajstić information content (AvgIpc) is 2.85. The monoisotopic (exact) mass is 312 g/mol. The van der Waals surface area contributed by atoms with Gasteiger partial charge in [0.25, 0.3) is 5.82 Å². The van der Waals surface area contributed by atoms with Crippen LogP contribution >= 0.6 is 23.2 Å². The number of aliphatic hydroxyl groups is 1. The number of ether oxygens (including phenoxy) is 1. The van der Waals surface area contributed by atoms with Crippen LogP contribution in [0.4, 0.5) is 0 Å². The van der Waals surface area contributed by atoms with Crippen LogP contribution in [-0.4, -0.2) is 32.6 Å². The lowest BCUT2D eigenvalue weighted by Crippen LogP contribution is -2.24. The molecule has 0 amide bonds. The molecule has 2 aromatic rings. The zero-order valence-electron chi connectivity index (χ0n) is 10.2. The summed E-state index contributed by atoms with van der Waals surface area (Å²) in [4.78, 5) is 3.73. The fourth-order valence-electron chi connectivity index (χ4n) is 1.48. The summed E-state index contributed by atoms with van der Waals surface area (Å²) < 4.78 is 6.76. The van der Waals surface area contributed by atoms with Crippen LogP contribution in [-0.2, 0) is 6.54 Å². The van der Waals surface area contributed by atoms with E-state index < -0.39 is 6.10 Å². The lowest BCUT2D eigenvalue weighted by atomic mass is 10.3. The van der Waals surface area contributed by atoms with E-state index in [0.29, 0.717) is 15.8 Å². The highest BCUT2D eigenvalue weighted by atomic mass is 35.5. The second kappa shape index (κ2) is 6.57. The third-order valence-electron chi connectivity index (χ3n) is 2.36. The second-order valence-corrected chi connectivity index (χ2v) is 4.79. The Balaban J connectivity index is 1.88. The molecule has 1 atom stereocenters. The van der Waals surface area contributed by atoms with E-state index in [1.165, 1.54) is 11.0 Å². The van der Waals surface area contributed by atoms with Gasteiger partial charge in [-0.3, -0.25) is 0 Å². The number of halogens is 2. The summed E-state index contributed by atoms with van der Waals surface area (Å²) in [7, 11) is 0. The van der Waals surface area contributed by atoms with E-state index in [0.717, 1.165) is 0 Å². The van der Waals surface area contributed by atoms with Crippen LogP contribution in [0.5, 0.6) is 5.75 Å². The van der Waals surface area contributed by atoms with Gasteiger partial charge >= 0.3 is 0 Å². The molecular weight excluding hydrogens is 303 g/mol. The number of benzene rings is 1. The Hall–Kier alpha value is -1.81. The van der Waals surface area contributed by atoms with E-state index in [4.69, 9.17) is 33.2 Å². The van der Waals surface area contributed by atoms with Gasteiger partial charge in [-0.1, -0.05) is 23.2 Å². The molecule has 1 unspecified atom stereocenters. The van der Waals surface area contributed by atoms with Crippen molar-refractivity contribution >= 4 is 23.2 Å². The maximum Gasteiger partial charge on any atom is 0.252 e. The molecular formula is C12H10Cl2N4O2. The average molecular weight is 313 g/mol. The Morgan fingerprint density at radius 3 is 2.90 bits per heavy atom. The molecule has 1 aromatic carbocycles. The Morgan fingerprint density at radius 2 is 2.25 bits per heavy atom. The van der Waals surface area contributed by atoms with E-state index in [2.05, 4.69) is 10.1 Å². The molecule has 104 valence electrons. The van der Waals surface area contributed by atoms with Gasteiger partial charge in [0.05, 0.1) is 11.6 Å². The normalized spacial score (nSPS) is 11.9. The van der Waals surface area contributed by atoms with Crippen molar-refractivity contribution in [1.82, 2.24) is 14.8 Å². The summed E-state index contributed by atoms with van der Waals surface area (Å²) in [5.74, 6) is 0.491. The van der Waals surface area contributed by atoms with Crippen molar-refractivity contribution in [3.05, 3.63) is 40.4 Å². The number of aromatic nitrogens is 3. The first-order chi connectivity index (χ1) is 9.58. The van der Waals surface area contributed by atoms with Crippen LogP contribution in [0.2, 0.25) is 10.0 Å². The zero-order chi connectivity index (χ0) is 14.5. The summed E-state index contributed by atoms with van der Waals surface area (Å²) in [5.41, 5.74) is 0. The van der Waals surface area contributed by atoms with Gasteiger partial charge in [-0.05, 0) is 18.2 Å². The van der Waals surface area contributed by atoms with Gasteiger partial charge in [0, 0.05) is 5.02 Å². The minimum absolute atomic E-state index is 0.0309. The molecule has 20 heavy (non-hydrogen) atoms. The second-order valence-electron chi connectivity index (χ2n) is 3.94. The smallest absolute Gasteiger partial charge is 0.252 e. The molecule has 0 fully saturated rings. The SMILES string of the molecule is N#Cc1ncn(CC(O)COc2ccc(Cl)cc2Cl)n1. The van der Waals surface area contributed by atoms with Crippen LogP contribution in [0.25, 0.3) is 0 Å². The number of nitriles is 1. The summed E-state index contributed by atoms with van der Waals surface area (Å²) in [6, 6.07) is 6.63. The molecule has 1 aromatic heterocycles. The van der Waals surface area contributed by atoms with Crippen molar-refractivity contribution in [1.29, 1.82) is 5.26 Å². The van der Waals surface area contributed by atoms with E-state index in [1.807, 2.05) is 0 Å². The Bertz CT molecular complexity index is 639. The first-order valence-corrected chi connectivity index (χ1v) is 6.39. The van der Waals surface area contributed by atoms with Crippen LogP contribution in [0, 0.1) is 11.3 Å². The molecule has 0 saturated heterocycles. The maximum atomic E-state index is 9.83. The van der Waals surface area contributed by atoms with Crippen molar-refractivity contribution in [2.24, 2.45) is 0 Å². The highest BCUT2D eigenvalue weighted by Gasteiger charge is 2.10. The molecule has 0 radical (unpaired) electrons. The first-order valence-electron chi connectivity index (χ1n) is 5.64. The van der Waals surface area contributed by atoms with Gasteiger partial charge in [-0.25, -0.2) is 9.67 Å². The van der Waals surface area contributed by atoms with Gasteiger partial charge in [0.15, 0.2) is 0 Å². The third kappa shape index (κ3) is 3.84. The van der Waals surface area contributed by atoms with E-state index >= 15 is 0 Å². The number of nitrogens with zero attached hydrogens (tertiary/aromatic N) is 4. The lowest BCUT2D eigenvalue weighted by Gasteiger charge is -2.13. The Kier molecular flexibility index (Phi) is 4.79. The largest absolute Gasteiger partial charge is 0.489 e. The van der Waals surface area contributed by atoms with Gasteiger partial charge in [-0.2, -0.15) is 5.26 Å². The molecule has 0 saturated carbocycles. The third-order valence-corrected chi connectivity index (χ3v) is 2.89. The van der Waals surface area contributed by atoms with Crippen LogP contribution in [0.15, 0.2) is 24.5 Å². The molecule has 1 heterocycles. The predicted molar refractivity (Wildman–Crippen MR) is 72.7 cm³/mol.